The first-order valence-corrected chi connectivity index (χ1v) is 7.41. The second-order valence-electron chi connectivity index (χ2n) is 4.83. The van der Waals surface area contributed by atoms with E-state index in [9.17, 15) is 5.11 Å². The van der Waals surface area contributed by atoms with Gasteiger partial charge in [0.15, 0.2) is 5.13 Å². The minimum absolute atomic E-state index is 0.123. The van der Waals surface area contributed by atoms with Crippen LogP contribution in [0, 0.1) is 0 Å². The van der Waals surface area contributed by atoms with Gasteiger partial charge in [0.25, 0.3) is 0 Å². The molecular weight excluding hydrogens is 244 g/mol. The standard InChI is InChI=1S/C14H18N2OS/c1-2-10-4-3-5-12-13(10)15-14(18-12)16-8-6-11(17)7-9-16/h3-5,11,17H,2,6-9H2,1H3. The molecule has 1 fully saturated rings. The summed E-state index contributed by atoms with van der Waals surface area (Å²) in [5.74, 6) is 0. The van der Waals surface area contributed by atoms with Crippen molar-refractivity contribution in [3.05, 3.63) is 23.8 Å². The van der Waals surface area contributed by atoms with Crippen molar-refractivity contribution in [3.63, 3.8) is 0 Å². The first kappa shape index (κ1) is 11.9. The summed E-state index contributed by atoms with van der Waals surface area (Å²) in [5.41, 5.74) is 2.48. The van der Waals surface area contributed by atoms with Gasteiger partial charge < -0.3 is 10.0 Å². The fourth-order valence-corrected chi connectivity index (χ4v) is 3.54. The molecule has 1 aliphatic rings. The van der Waals surface area contributed by atoms with Gasteiger partial charge in [0.1, 0.15) is 0 Å². The molecule has 0 saturated carbocycles. The molecule has 3 rings (SSSR count). The Hall–Kier alpha value is -1.13. The first-order chi connectivity index (χ1) is 8.78. The van der Waals surface area contributed by atoms with E-state index in [1.54, 1.807) is 11.3 Å². The van der Waals surface area contributed by atoms with Crippen LogP contribution in [0.15, 0.2) is 18.2 Å². The summed E-state index contributed by atoms with van der Waals surface area (Å²) < 4.78 is 1.27. The van der Waals surface area contributed by atoms with Crippen LogP contribution in [0.4, 0.5) is 5.13 Å². The summed E-state index contributed by atoms with van der Waals surface area (Å²) in [4.78, 5) is 7.10. The molecule has 1 aromatic carbocycles. The molecular formula is C14H18N2OS. The lowest BCUT2D eigenvalue weighted by Crippen LogP contribution is -2.35. The van der Waals surface area contributed by atoms with Gasteiger partial charge in [-0.1, -0.05) is 30.4 Å². The third-order valence-corrected chi connectivity index (χ3v) is 4.69. The third-order valence-electron chi connectivity index (χ3n) is 3.61. The SMILES string of the molecule is CCc1cccc2sc(N3CCC(O)CC3)nc12. The molecule has 18 heavy (non-hydrogen) atoms. The number of para-hydroxylation sites is 1. The molecule has 0 spiro atoms. The number of nitrogens with zero attached hydrogens (tertiary/aromatic N) is 2. The predicted molar refractivity (Wildman–Crippen MR) is 76.5 cm³/mol. The number of aliphatic hydroxyl groups excluding tert-OH is 1. The number of aryl methyl sites for hydroxylation is 1. The number of piperidine rings is 1. The second-order valence-corrected chi connectivity index (χ2v) is 5.84. The van der Waals surface area contributed by atoms with Gasteiger partial charge in [-0.2, -0.15) is 0 Å². The molecule has 0 radical (unpaired) electrons. The molecule has 3 nitrogen and oxygen atoms in total. The number of fused-ring (bicyclic) bond motifs is 1. The van der Waals surface area contributed by atoms with Crippen molar-refractivity contribution in [3.8, 4) is 0 Å². The van der Waals surface area contributed by atoms with Crippen LogP contribution in [0.5, 0.6) is 0 Å². The lowest BCUT2D eigenvalue weighted by molar-refractivity contribution is 0.145. The average molecular weight is 262 g/mol. The van der Waals surface area contributed by atoms with Crippen LogP contribution < -0.4 is 4.90 Å². The molecule has 2 heterocycles. The third kappa shape index (κ3) is 2.10. The minimum atomic E-state index is -0.123. The lowest BCUT2D eigenvalue weighted by atomic mass is 10.1. The largest absolute Gasteiger partial charge is 0.393 e. The van der Waals surface area contributed by atoms with E-state index in [1.807, 2.05) is 0 Å². The monoisotopic (exact) mass is 262 g/mol. The van der Waals surface area contributed by atoms with Crippen LogP contribution in [0.3, 0.4) is 0 Å². The number of hydrogen-bond donors (Lipinski definition) is 1. The normalized spacial score (nSPS) is 17.6. The minimum Gasteiger partial charge on any atom is -0.393 e. The summed E-state index contributed by atoms with van der Waals surface area (Å²) in [6.45, 7) is 4.01. The highest BCUT2D eigenvalue weighted by Crippen LogP contribution is 2.32. The lowest BCUT2D eigenvalue weighted by Gasteiger charge is -2.29. The van der Waals surface area contributed by atoms with Gasteiger partial charge in [-0.05, 0) is 30.9 Å². The number of thiazole rings is 1. The van der Waals surface area contributed by atoms with Gasteiger partial charge >= 0.3 is 0 Å². The quantitative estimate of drug-likeness (QED) is 0.904. The van der Waals surface area contributed by atoms with Crippen LogP contribution in [-0.4, -0.2) is 29.3 Å². The Labute approximate surface area is 111 Å². The van der Waals surface area contributed by atoms with Crippen molar-refractivity contribution in [2.24, 2.45) is 0 Å². The summed E-state index contributed by atoms with van der Waals surface area (Å²) >= 11 is 1.77. The van der Waals surface area contributed by atoms with E-state index in [1.165, 1.54) is 10.3 Å². The Morgan fingerprint density at radius 3 is 2.89 bits per heavy atom. The van der Waals surface area contributed by atoms with E-state index in [0.29, 0.717) is 0 Å². The molecule has 1 aromatic heterocycles. The highest BCUT2D eigenvalue weighted by molar-refractivity contribution is 7.22. The van der Waals surface area contributed by atoms with E-state index in [-0.39, 0.29) is 6.10 Å². The molecule has 4 heteroatoms. The zero-order chi connectivity index (χ0) is 12.5. The highest BCUT2D eigenvalue weighted by atomic mass is 32.1. The van der Waals surface area contributed by atoms with Gasteiger partial charge in [0.2, 0.25) is 0 Å². The zero-order valence-corrected chi connectivity index (χ0v) is 11.4. The van der Waals surface area contributed by atoms with Crippen LogP contribution >= 0.6 is 11.3 Å². The Morgan fingerprint density at radius 2 is 2.17 bits per heavy atom. The molecule has 0 bridgehead atoms. The van der Waals surface area contributed by atoms with Crippen molar-refractivity contribution in [1.29, 1.82) is 0 Å². The van der Waals surface area contributed by atoms with Gasteiger partial charge in [-0.3, -0.25) is 0 Å². The molecule has 0 unspecified atom stereocenters. The number of rotatable bonds is 2. The van der Waals surface area contributed by atoms with Gasteiger partial charge in [-0.15, -0.1) is 0 Å². The summed E-state index contributed by atoms with van der Waals surface area (Å²) in [7, 11) is 0. The summed E-state index contributed by atoms with van der Waals surface area (Å²) in [6, 6.07) is 6.42. The van der Waals surface area contributed by atoms with Gasteiger partial charge in [0, 0.05) is 13.1 Å². The van der Waals surface area contributed by atoms with E-state index in [2.05, 4.69) is 30.0 Å². The number of anilines is 1. The Bertz CT molecular complexity index is 544. The number of aromatic nitrogens is 1. The van der Waals surface area contributed by atoms with Crippen molar-refractivity contribution in [1.82, 2.24) is 4.98 Å². The van der Waals surface area contributed by atoms with Crippen molar-refractivity contribution in [2.75, 3.05) is 18.0 Å². The van der Waals surface area contributed by atoms with Crippen LogP contribution in [0.2, 0.25) is 0 Å². The maximum Gasteiger partial charge on any atom is 0.186 e. The summed E-state index contributed by atoms with van der Waals surface area (Å²) in [5, 5.41) is 10.7. The predicted octanol–water partition coefficient (Wildman–Crippen LogP) is 2.82. The molecule has 0 atom stereocenters. The van der Waals surface area contributed by atoms with Crippen LogP contribution in [0.25, 0.3) is 10.2 Å². The molecule has 1 N–H and O–H groups in total. The van der Waals surface area contributed by atoms with Crippen molar-refractivity contribution < 1.29 is 5.11 Å². The fraction of sp³-hybridized carbons (Fsp3) is 0.500. The number of hydrogen-bond acceptors (Lipinski definition) is 4. The van der Waals surface area contributed by atoms with E-state index >= 15 is 0 Å². The zero-order valence-electron chi connectivity index (χ0n) is 10.6. The van der Waals surface area contributed by atoms with Crippen LogP contribution in [0.1, 0.15) is 25.3 Å². The average Bonchev–Trinajstić information content (AvgIpc) is 2.83. The molecule has 1 saturated heterocycles. The molecule has 1 aliphatic heterocycles. The Kier molecular flexibility index (Phi) is 3.22. The molecule has 0 aliphatic carbocycles. The molecule has 2 aromatic rings. The Balaban J connectivity index is 1.93. The number of benzene rings is 1. The Morgan fingerprint density at radius 1 is 1.39 bits per heavy atom. The topological polar surface area (TPSA) is 36.4 Å². The smallest absolute Gasteiger partial charge is 0.186 e. The van der Waals surface area contributed by atoms with Gasteiger partial charge in [-0.25, -0.2) is 4.98 Å². The fourth-order valence-electron chi connectivity index (χ4n) is 2.47. The molecule has 0 amide bonds. The van der Waals surface area contributed by atoms with Crippen molar-refractivity contribution in [2.45, 2.75) is 32.3 Å². The van der Waals surface area contributed by atoms with E-state index in [0.717, 1.165) is 43.0 Å². The van der Waals surface area contributed by atoms with Crippen LogP contribution in [-0.2, 0) is 6.42 Å². The molecule has 96 valence electrons. The maximum absolute atomic E-state index is 9.55. The van der Waals surface area contributed by atoms with Crippen molar-refractivity contribution >= 4 is 26.7 Å². The van der Waals surface area contributed by atoms with Gasteiger partial charge in [0.05, 0.1) is 16.3 Å². The maximum atomic E-state index is 9.55. The second kappa shape index (κ2) is 4.86. The highest BCUT2D eigenvalue weighted by Gasteiger charge is 2.20. The van der Waals surface area contributed by atoms with E-state index < -0.39 is 0 Å². The van der Waals surface area contributed by atoms with E-state index in [4.69, 9.17) is 4.98 Å². The summed E-state index contributed by atoms with van der Waals surface area (Å²) in [6.07, 6.45) is 2.62. The first-order valence-electron chi connectivity index (χ1n) is 6.59. The number of aliphatic hydroxyl groups is 1.